The average Bonchev–Trinajstić information content (AvgIpc) is 2.55. The van der Waals surface area contributed by atoms with Crippen LogP contribution in [0.25, 0.3) is 0 Å². The van der Waals surface area contributed by atoms with Gasteiger partial charge in [-0.05, 0) is 13.0 Å². The van der Waals surface area contributed by atoms with Gasteiger partial charge in [-0.25, -0.2) is 0 Å². The van der Waals surface area contributed by atoms with E-state index in [0.29, 0.717) is 12.2 Å². The maximum absolute atomic E-state index is 10.8. The highest BCUT2D eigenvalue weighted by atomic mass is 16.5. The average molecular weight is 196 g/mol. The molecule has 0 atom stereocenters. The molecule has 1 rings (SSSR count). The largest absolute Gasteiger partial charge is 0.469 e. The Bertz CT molecular complexity index is 344. The summed E-state index contributed by atoms with van der Waals surface area (Å²) in [6, 6.07) is 1.67. The number of methoxy groups -OCH3 is 1. The highest BCUT2D eigenvalue weighted by molar-refractivity contribution is 5.72. The van der Waals surface area contributed by atoms with Crippen molar-refractivity contribution in [3.05, 3.63) is 17.5 Å². The summed E-state index contributed by atoms with van der Waals surface area (Å²) in [6.07, 6.45) is 0.940. The summed E-state index contributed by atoms with van der Waals surface area (Å²) < 4.78 is 5.98. The van der Waals surface area contributed by atoms with Gasteiger partial charge in [-0.1, -0.05) is 0 Å². The molecule has 0 saturated heterocycles. The lowest BCUT2D eigenvalue weighted by Crippen LogP contribution is -2.10. The fourth-order valence-electron chi connectivity index (χ4n) is 1.14. The zero-order valence-corrected chi connectivity index (χ0v) is 8.19. The van der Waals surface area contributed by atoms with Crippen LogP contribution >= 0.6 is 0 Å². The molecule has 5 heteroatoms. The summed E-state index contributed by atoms with van der Waals surface area (Å²) in [4.78, 5) is 21.4. The third kappa shape index (κ3) is 2.42. The quantitative estimate of drug-likeness (QED) is 0.521. The van der Waals surface area contributed by atoms with E-state index in [1.165, 1.54) is 11.8 Å². The zero-order valence-electron chi connectivity index (χ0n) is 8.19. The van der Waals surface area contributed by atoms with Gasteiger partial charge in [-0.15, -0.1) is 0 Å². The van der Waals surface area contributed by atoms with Crippen LogP contribution in [-0.2, 0) is 16.1 Å². The van der Waals surface area contributed by atoms with Crippen molar-refractivity contribution in [2.24, 2.45) is 0 Å². The lowest BCUT2D eigenvalue weighted by Gasteiger charge is -2.01. The summed E-state index contributed by atoms with van der Waals surface area (Å²) >= 11 is 0. The molecule has 0 amide bonds. The van der Waals surface area contributed by atoms with Gasteiger partial charge in [0.05, 0.1) is 25.8 Å². The molecule has 0 aliphatic rings. The maximum atomic E-state index is 10.8. The third-order valence-electron chi connectivity index (χ3n) is 1.81. The van der Waals surface area contributed by atoms with E-state index in [1.807, 2.05) is 0 Å². The first-order chi connectivity index (χ1) is 6.67. The second-order valence-corrected chi connectivity index (χ2v) is 2.88. The van der Waals surface area contributed by atoms with Gasteiger partial charge in [-0.2, -0.15) is 5.10 Å². The van der Waals surface area contributed by atoms with Gasteiger partial charge in [0.1, 0.15) is 5.69 Å². The van der Waals surface area contributed by atoms with Crippen molar-refractivity contribution in [1.29, 1.82) is 0 Å². The van der Waals surface area contributed by atoms with Crippen molar-refractivity contribution in [3.63, 3.8) is 0 Å². The monoisotopic (exact) mass is 196 g/mol. The Morgan fingerprint density at radius 2 is 2.43 bits per heavy atom. The Morgan fingerprint density at radius 1 is 1.71 bits per heavy atom. The SMILES string of the molecule is COC(=O)CCn1nc(C)cc1C=O. The first-order valence-corrected chi connectivity index (χ1v) is 4.24. The van der Waals surface area contributed by atoms with E-state index in [4.69, 9.17) is 0 Å². The van der Waals surface area contributed by atoms with Gasteiger partial charge >= 0.3 is 5.97 Å². The van der Waals surface area contributed by atoms with Crippen molar-refractivity contribution < 1.29 is 14.3 Å². The molecule has 1 aromatic rings. The summed E-state index contributed by atoms with van der Waals surface area (Å²) in [6.45, 7) is 2.16. The molecule has 0 bridgehead atoms. The number of aldehydes is 1. The van der Waals surface area contributed by atoms with E-state index in [-0.39, 0.29) is 12.4 Å². The number of aryl methyl sites for hydroxylation is 2. The normalized spacial score (nSPS) is 9.86. The molecule has 0 radical (unpaired) electrons. The number of ether oxygens (including phenoxy) is 1. The Labute approximate surface area is 81.7 Å². The van der Waals surface area contributed by atoms with E-state index in [9.17, 15) is 9.59 Å². The highest BCUT2D eigenvalue weighted by Gasteiger charge is 2.06. The molecule has 5 nitrogen and oxygen atoms in total. The Kier molecular flexibility index (Phi) is 3.39. The first-order valence-electron chi connectivity index (χ1n) is 4.24. The number of rotatable bonds is 4. The number of nitrogens with zero attached hydrogens (tertiary/aromatic N) is 2. The number of carbonyl (C=O) groups excluding carboxylic acids is 2. The number of esters is 1. The highest BCUT2D eigenvalue weighted by Crippen LogP contribution is 2.02. The second-order valence-electron chi connectivity index (χ2n) is 2.88. The molecule has 0 aliphatic heterocycles. The van der Waals surface area contributed by atoms with Crippen LogP contribution in [0.3, 0.4) is 0 Å². The maximum Gasteiger partial charge on any atom is 0.307 e. The topological polar surface area (TPSA) is 61.2 Å². The molecule has 0 unspecified atom stereocenters. The Morgan fingerprint density at radius 3 is 3.00 bits per heavy atom. The van der Waals surface area contributed by atoms with Gasteiger partial charge in [0.15, 0.2) is 6.29 Å². The number of hydrogen-bond acceptors (Lipinski definition) is 4. The van der Waals surface area contributed by atoms with E-state index >= 15 is 0 Å². The minimum absolute atomic E-state index is 0.221. The van der Waals surface area contributed by atoms with Crippen molar-refractivity contribution in [2.75, 3.05) is 7.11 Å². The van der Waals surface area contributed by atoms with Crippen LogP contribution in [0.4, 0.5) is 0 Å². The molecule has 14 heavy (non-hydrogen) atoms. The summed E-state index contributed by atoms with van der Waals surface area (Å²) in [7, 11) is 1.33. The molecule has 0 aliphatic carbocycles. The molecule has 0 spiro atoms. The number of hydrogen-bond donors (Lipinski definition) is 0. The van der Waals surface area contributed by atoms with Crippen LogP contribution in [0.2, 0.25) is 0 Å². The van der Waals surface area contributed by atoms with Gasteiger partial charge in [0, 0.05) is 0 Å². The first kappa shape index (κ1) is 10.4. The fraction of sp³-hybridized carbons (Fsp3) is 0.444. The number of aromatic nitrogens is 2. The molecular weight excluding hydrogens is 184 g/mol. The predicted octanol–water partition coefficient (Wildman–Crippen LogP) is 0.567. The molecule has 76 valence electrons. The second kappa shape index (κ2) is 4.55. The van der Waals surface area contributed by atoms with Crippen molar-refractivity contribution in [1.82, 2.24) is 9.78 Å². The van der Waals surface area contributed by atoms with Crippen LogP contribution in [-0.4, -0.2) is 29.1 Å². The van der Waals surface area contributed by atoms with Crippen LogP contribution in [0, 0.1) is 6.92 Å². The van der Waals surface area contributed by atoms with E-state index < -0.39 is 0 Å². The standard InChI is InChI=1S/C9H12N2O3/c1-7-5-8(6-12)11(10-7)4-3-9(13)14-2/h5-6H,3-4H2,1-2H3. The van der Waals surface area contributed by atoms with Crippen molar-refractivity contribution in [2.45, 2.75) is 19.9 Å². The predicted molar refractivity (Wildman–Crippen MR) is 49.0 cm³/mol. The summed E-state index contributed by atoms with van der Waals surface area (Å²) in [5, 5.41) is 4.07. The Balaban J connectivity index is 2.66. The zero-order chi connectivity index (χ0) is 10.6. The molecular formula is C9H12N2O3. The molecule has 1 aromatic heterocycles. The lowest BCUT2D eigenvalue weighted by molar-refractivity contribution is -0.140. The van der Waals surface area contributed by atoms with E-state index in [1.54, 1.807) is 13.0 Å². The summed E-state index contributed by atoms with van der Waals surface area (Å²) in [5.41, 5.74) is 1.24. The fourth-order valence-corrected chi connectivity index (χ4v) is 1.14. The molecule has 0 aromatic carbocycles. The molecule has 0 N–H and O–H groups in total. The summed E-state index contributed by atoms with van der Waals surface area (Å²) in [5.74, 6) is -0.310. The van der Waals surface area contributed by atoms with Gasteiger partial charge < -0.3 is 4.74 Å². The molecule has 0 fully saturated rings. The smallest absolute Gasteiger partial charge is 0.307 e. The van der Waals surface area contributed by atoms with Gasteiger partial charge in [0.2, 0.25) is 0 Å². The molecule has 1 heterocycles. The lowest BCUT2D eigenvalue weighted by atomic mass is 10.4. The van der Waals surface area contributed by atoms with E-state index in [0.717, 1.165) is 12.0 Å². The molecule has 0 saturated carbocycles. The van der Waals surface area contributed by atoms with Crippen LogP contribution in [0.15, 0.2) is 6.07 Å². The van der Waals surface area contributed by atoms with Crippen molar-refractivity contribution in [3.8, 4) is 0 Å². The van der Waals surface area contributed by atoms with Gasteiger partial charge in [-0.3, -0.25) is 14.3 Å². The van der Waals surface area contributed by atoms with Crippen LogP contribution < -0.4 is 0 Å². The van der Waals surface area contributed by atoms with Crippen LogP contribution in [0.1, 0.15) is 22.6 Å². The van der Waals surface area contributed by atoms with Crippen molar-refractivity contribution >= 4 is 12.3 Å². The van der Waals surface area contributed by atoms with E-state index in [2.05, 4.69) is 9.84 Å². The van der Waals surface area contributed by atoms with Gasteiger partial charge in [0.25, 0.3) is 0 Å². The minimum Gasteiger partial charge on any atom is -0.469 e. The Hall–Kier alpha value is -1.65. The van der Waals surface area contributed by atoms with Crippen LogP contribution in [0.5, 0.6) is 0 Å². The number of carbonyl (C=O) groups is 2. The minimum atomic E-state index is -0.310. The third-order valence-corrected chi connectivity index (χ3v) is 1.81.